The topological polar surface area (TPSA) is 0 Å². The Morgan fingerprint density at radius 2 is 1.65 bits per heavy atom. The average Bonchev–Trinajstić information content (AvgIpc) is 2.46. The Labute approximate surface area is 118 Å². The van der Waals surface area contributed by atoms with Crippen molar-refractivity contribution in [2.45, 2.75) is 26.2 Å². The molecule has 1 heteroatoms. The number of hydrogen-bond donors (Lipinski definition) is 0. The summed E-state index contributed by atoms with van der Waals surface area (Å²) in [5, 5.41) is 5.63. The SMILES string of the molecule is CC1CCc2c(ccc3c2ccc2ccccc23)C1.F. The van der Waals surface area contributed by atoms with E-state index in [0.717, 1.165) is 5.92 Å². The molecular weight excluding hydrogens is 247 g/mol. The van der Waals surface area contributed by atoms with Crippen LogP contribution in [0.3, 0.4) is 0 Å². The van der Waals surface area contributed by atoms with Crippen LogP contribution >= 0.6 is 0 Å². The van der Waals surface area contributed by atoms with Crippen molar-refractivity contribution < 1.29 is 4.70 Å². The Kier molecular flexibility index (Phi) is 3.21. The van der Waals surface area contributed by atoms with Crippen LogP contribution in [0, 0.1) is 5.92 Å². The Hall–Kier alpha value is -1.89. The van der Waals surface area contributed by atoms with Gasteiger partial charge in [0.25, 0.3) is 0 Å². The van der Waals surface area contributed by atoms with Gasteiger partial charge in [0.05, 0.1) is 0 Å². The molecule has 0 N–H and O–H groups in total. The normalized spacial score (nSPS) is 17.8. The third-order valence-electron chi connectivity index (χ3n) is 4.59. The number of benzene rings is 3. The quantitative estimate of drug-likeness (QED) is 0.486. The van der Waals surface area contributed by atoms with Crippen LogP contribution in [0.25, 0.3) is 21.5 Å². The summed E-state index contributed by atoms with van der Waals surface area (Å²) < 4.78 is 0. The van der Waals surface area contributed by atoms with E-state index in [1.165, 1.54) is 40.8 Å². The fourth-order valence-electron chi connectivity index (χ4n) is 3.55. The minimum atomic E-state index is 0. The Morgan fingerprint density at radius 1 is 0.850 bits per heavy atom. The van der Waals surface area contributed by atoms with Crippen LogP contribution in [0.1, 0.15) is 24.5 Å². The highest BCUT2D eigenvalue weighted by atomic mass is 19.0. The summed E-state index contributed by atoms with van der Waals surface area (Å²) >= 11 is 0. The summed E-state index contributed by atoms with van der Waals surface area (Å²) in [7, 11) is 0. The zero-order chi connectivity index (χ0) is 12.8. The molecule has 3 aromatic carbocycles. The van der Waals surface area contributed by atoms with E-state index in [4.69, 9.17) is 0 Å². The first kappa shape index (κ1) is 13.1. The van der Waals surface area contributed by atoms with Gasteiger partial charge in [0.1, 0.15) is 0 Å². The van der Waals surface area contributed by atoms with Crippen LogP contribution in [0.5, 0.6) is 0 Å². The maximum atomic E-state index is 2.37. The Bertz CT molecular complexity index is 773. The highest BCUT2D eigenvalue weighted by molar-refractivity contribution is 6.08. The van der Waals surface area contributed by atoms with Gasteiger partial charge in [-0.15, -0.1) is 0 Å². The van der Waals surface area contributed by atoms with Crippen LogP contribution in [-0.4, -0.2) is 0 Å². The van der Waals surface area contributed by atoms with Crippen LogP contribution < -0.4 is 0 Å². The first-order chi connectivity index (χ1) is 9.33. The van der Waals surface area contributed by atoms with Gasteiger partial charge in [0, 0.05) is 0 Å². The third-order valence-corrected chi connectivity index (χ3v) is 4.59. The molecular formula is C19H19F. The molecule has 0 fully saturated rings. The van der Waals surface area contributed by atoms with Crippen LogP contribution in [0.2, 0.25) is 0 Å². The minimum Gasteiger partial charge on any atom is -0.269 e. The molecule has 102 valence electrons. The van der Waals surface area contributed by atoms with E-state index in [1.54, 1.807) is 11.1 Å². The maximum absolute atomic E-state index is 2.37. The van der Waals surface area contributed by atoms with E-state index in [-0.39, 0.29) is 4.70 Å². The van der Waals surface area contributed by atoms with Crippen molar-refractivity contribution >= 4 is 21.5 Å². The monoisotopic (exact) mass is 266 g/mol. The van der Waals surface area contributed by atoms with E-state index in [2.05, 4.69) is 55.5 Å². The van der Waals surface area contributed by atoms with Crippen molar-refractivity contribution in [2.75, 3.05) is 0 Å². The number of fused-ring (bicyclic) bond motifs is 5. The summed E-state index contributed by atoms with van der Waals surface area (Å²) in [5.74, 6) is 0.838. The molecule has 0 aliphatic heterocycles. The fraction of sp³-hybridized carbons (Fsp3) is 0.263. The zero-order valence-corrected chi connectivity index (χ0v) is 11.7. The average molecular weight is 266 g/mol. The summed E-state index contributed by atoms with van der Waals surface area (Å²) in [5.41, 5.74) is 3.17. The van der Waals surface area contributed by atoms with Gasteiger partial charge in [0.15, 0.2) is 0 Å². The Balaban J connectivity index is 0.00000121. The highest BCUT2D eigenvalue weighted by Gasteiger charge is 2.17. The number of halogens is 1. The molecule has 3 aromatic rings. The van der Waals surface area contributed by atoms with Gasteiger partial charge >= 0.3 is 0 Å². The van der Waals surface area contributed by atoms with Crippen molar-refractivity contribution in [2.24, 2.45) is 5.92 Å². The number of rotatable bonds is 0. The number of aryl methyl sites for hydroxylation is 1. The molecule has 1 aliphatic carbocycles. The molecule has 20 heavy (non-hydrogen) atoms. The summed E-state index contributed by atoms with van der Waals surface area (Å²) in [6, 6.07) is 18.0. The first-order valence-electron chi connectivity index (χ1n) is 7.25. The lowest BCUT2D eigenvalue weighted by Crippen LogP contribution is -2.11. The first-order valence-corrected chi connectivity index (χ1v) is 7.25. The second-order valence-corrected chi connectivity index (χ2v) is 5.93. The lowest BCUT2D eigenvalue weighted by molar-refractivity contribution is 0.503. The predicted octanol–water partition coefficient (Wildman–Crippen LogP) is 5.27. The van der Waals surface area contributed by atoms with Crippen molar-refractivity contribution in [3.63, 3.8) is 0 Å². The minimum absolute atomic E-state index is 0. The van der Waals surface area contributed by atoms with Crippen LogP contribution in [0.15, 0.2) is 48.5 Å². The largest absolute Gasteiger partial charge is 0.269 e. The predicted molar refractivity (Wildman–Crippen MR) is 85.1 cm³/mol. The smallest absolute Gasteiger partial charge is 0.0102 e. The lowest BCUT2D eigenvalue weighted by atomic mass is 9.82. The fourth-order valence-corrected chi connectivity index (χ4v) is 3.55. The molecule has 0 nitrogen and oxygen atoms in total. The molecule has 0 bridgehead atoms. The molecule has 0 heterocycles. The molecule has 0 aromatic heterocycles. The maximum Gasteiger partial charge on any atom is -0.0102 e. The van der Waals surface area contributed by atoms with Gasteiger partial charge in [0.2, 0.25) is 0 Å². The summed E-state index contributed by atoms with van der Waals surface area (Å²) in [6.07, 6.45) is 3.82. The van der Waals surface area contributed by atoms with Crippen molar-refractivity contribution in [1.82, 2.24) is 0 Å². The standard InChI is InChI=1S/C19H18.FH/c1-13-6-9-17-15(12-13)8-11-18-16-5-3-2-4-14(16)7-10-19(17)18;/h2-5,7-8,10-11,13H,6,9,12H2,1H3;1H. The van der Waals surface area contributed by atoms with E-state index in [9.17, 15) is 0 Å². The van der Waals surface area contributed by atoms with Gasteiger partial charge in [-0.3, -0.25) is 4.70 Å². The molecule has 0 radical (unpaired) electrons. The van der Waals surface area contributed by atoms with Gasteiger partial charge < -0.3 is 0 Å². The third kappa shape index (κ3) is 1.89. The van der Waals surface area contributed by atoms with Gasteiger partial charge in [-0.05, 0) is 57.9 Å². The van der Waals surface area contributed by atoms with E-state index >= 15 is 0 Å². The molecule has 0 spiro atoms. The van der Waals surface area contributed by atoms with Crippen molar-refractivity contribution in [1.29, 1.82) is 0 Å². The van der Waals surface area contributed by atoms with Crippen LogP contribution in [0.4, 0.5) is 4.70 Å². The molecule has 0 saturated carbocycles. The van der Waals surface area contributed by atoms with Crippen molar-refractivity contribution in [3.8, 4) is 0 Å². The van der Waals surface area contributed by atoms with Crippen LogP contribution in [-0.2, 0) is 12.8 Å². The molecule has 4 rings (SSSR count). The van der Waals surface area contributed by atoms with E-state index in [0.29, 0.717) is 0 Å². The van der Waals surface area contributed by atoms with E-state index in [1.807, 2.05) is 0 Å². The molecule has 0 saturated heterocycles. The summed E-state index contributed by atoms with van der Waals surface area (Å²) in [6.45, 7) is 2.37. The molecule has 0 amide bonds. The second kappa shape index (κ2) is 4.90. The van der Waals surface area contributed by atoms with Gasteiger partial charge in [-0.25, -0.2) is 0 Å². The zero-order valence-electron chi connectivity index (χ0n) is 11.7. The molecule has 1 aliphatic rings. The molecule has 1 atom stereocenters. The summed E-state index contributed by atoms with van der Waals surface area (Å²) in [4.78, 5) is 0. The molecule has 1 unspecified atom stereocenters. The van der Waals surface area contributed by atoms with E-state index < -0.39 is 0 Å². The highest BCUT2D eigenvalue weighted by Crippen LogP contribution is 2.34. The second-order valence-electron chi connectivity index (χ2n) is 5.93. The lowest BCUT2D eigenvalue weighted by Gasteiger charge is -2.23. The van der Waals surface area contributed by atoms with Gasteiger partial charge in [-0.2, -0.15) is 0 Å². The van der Waals surface area contributed by atoms with Crippen molar-refractivity contribution in [3.05, 3.63) is 59.7 Å². The number of hydrogen-bond acceptors (Lipinski definition) is 0. The Morgan fingerprint density at radius 3 is 2.55 bits per heavy atom. The van der Waals surface area contributed by atoms with Gasteiger partial charge in [-0.1, -0.05) is 55.5 Å².